The maximum absolute atomic E-state index is 13.4. The molecule has 0 saturated carbocycles. The minimum absolute atomic E-state index is 0.0380. The van der Waals surface area contributed by atoms with Crippen LogP contribution in [0.2, 0.25) is 0 Å². The molecule has 0 aromatic heterocycles. The van der Waals surface area contributed by atoms with E-state index in [1.54, 1.807) is 19.1 Å². The quantitative estimate of drug-likeness (QED) is 0.419. The standard InChI is InChI=1S/C29H29F3N2O4/c1-18(19-13-15-20(16-14-19)22-10-5-6-11-23(22)29(30,31)32)33-27(37)25(35)26(36)28(38)34-17-7-12-24(34)21-8-3-2-4-9-21/h2-6,8-11,13-16,18,24-26,35-36H,7,12,17H2,1H3,(H,33,37)/t18-,24-,25-,26-/m1/s1. The first kappa shape index (κ1) is 27.3. The van der Waals surface area contributed by atoms with Crippen molar-refractivity contribution in [2.75, 3.05) is 6.54 Å². The number of likely N-dealkylation sites (tertiary alicyclic amines) is 1. The summed E-state index contributed by atoms with van der Waals surface area (Å²) < 4.78 is 40.1. The fourth-order valence-corrected chi connectivity index (χ4v) is 4.82. The van der Waals surface area contributed by atoms with Crippen molar-refractivity contribution in [2.24, 2.45) is 0 Å². The second-order valence-electron chi connectivity index (χ2n) is 9.39. The summed E-state index contributed by atoms with van der Waals surface area (Å²) in [5.74, 6) is -1.65. The van der Waals surface area contributed by atoms with Crippen molar-refractivity contribution in [2.45, 2.75) is 50.2 Å². The molecule has 0 bridgehead atoms. The monoisotopic (exact) mass is 526 g/mol. The molecule has 1 fully saturated rings. The van der Waals surface area contributed by atoms with Crippen molar-refractivity contribution in [1.29, 1.82) is 0 Å². The maximum atomic E-state index is 13.4. The Morgan fingerprint density at radius 2 is 1.55 bits per heavy atom. The normalized spacial score (nSPS) is 18.1. The zero-order chi connectivity index (χ0) is 27.4. The summed E-state index contributed by atoms with van der Waals surface area (Å²) in [7, 11) is 0. The molecule has 9 heteroatoms. The number of carbonyl (C=O) groups excluding carboxylic acids is 2. The number of alkyl halides is 3. The molecular weight excluding hydrogens is 497 g/mol. The Kier molecular flexibility index (Phi) is 8.18. The predicted molar refractivity (Wildman–Crippen MR) is 136 cm³/mol. The van der Waals surface area contributed by atoms with E-state index in [4.69, 9.17) is 0 Å². The summed E-state index contributed by atoms with van der Waals surface area (Å²) in [4.78, 5) is 27.1. The van der Waals surface area contributed by atoms with E-state index in [9.17, 15) is 33.0 Å². The third-order valence-electron chi connectivity index (χ3n) is 6.85. The van der Waals surface area contributed by atoms with E-state index in [0.717, 1.165) is 18.1 Å². The van der Waals surface area contributed by atoms with E-state index in [2.05, 4.69) is 5.32 Å². The van der Waals surface area contributed by atoms with Crippen molar-refractivity contribution in [3.05, 3.63) is 95.6 Å². The lowest BCUT2D eigenvalue weighted by atomic mass is 9.97. The molecule has 0 spiro atoms. The van der Waals surface area contributed by atoms with E-state index in [0.29, 0.717) is 24.1 Å². The van der Waals surface area contributed by atoms with E-state index in [-0.39, 0.29) is 11.6 Å². The summed E-state index contributed by atoms with van der Waals surface area (Å²) in [5, 5.41) is 23.5. The molecule has 3 aromatic rings. The molecule has 4 atom stereocenters. The summed E-state index contributed by atoms with van der Waals surface area (Å²) in [6, 6.07) is 19.9. The Bertz CT molecular complexity index is 1260. The second kappa shape index (κ2) is 11.4. The third kappa shape index (κ3) is 5.89. The lowest BCUT2D eigenvalue weighted by Crippen LogP contribution is -2.50. The molecule has 38 heavy (non-hydrogen) atoms. The highest BCUT2D eigenvalue weighted by Crippen LogP contribution is 2.37. The smallest absolute Gasteiger partial charge is 0.380 e. The molecular formula is C29H29F3N2O4. The van der Waals surface area contributed by atoms with Gasteiger partial charge in [-0.1, -0.05) is 72.8 Å². The molecule has 2 amide bonds. The van der Waals surface area contributed by atoms with Crippen LogP contribution >= 0.6 is 0 Å². The highest BCUT2D eigenvalue weighted by Gasteiger charge is 2.39. The van der Waals surface area contributed by atoms with Gasteiger partial charge in [-0.2, -0.15) is 13.2 Å². The first-order valence-electron chi connectivity index (χ1n) is 12.4. The zero-order valence-electron chi connectivity index (χ0n) is 20.7. The van der Waals surface area contributed by atoms with Crippen LogP contribution in [-0.4, -0.2) is 45.7 Å². The number of aliphatic hydroxyl groups excluding tert-OH is 2. The first-order valence-corrected chi connectivity index (χ1v) is 12.4. The molecule has 0 radical (unpaired) electrons. The Morgan fingerprint density at radius 1 is 0.921 bits per heavy atom. The number of rotatable bonds is 7. The molecule has 1 aliphatic heterocycles. The average molecular weight is 527 g/mol. The molecule has 0 unspecified atom stereocenters. The molecule has 1 saturated heterocycles. The predicted octanol–water partition coefficient (Wildman–Crippen LogP) is 4.64. The molecule has 200 valence electrons. The van der Waals surface area contributed by atoms with Gasteiger partial charge in [0.25, 0.3) is 11.8 Å². The molecule has 1 heterocycles. The van der Waals surface area contributed by atoms with Crippen molar-refractivity contribution >= 4 is 11.8 Å². The van der Waals surface area contributed by atoms with Crippen LogP contribution < -0.4 is 5.32 Å². The molecule has 1 aliphatic rings. The SMILES string of the molecule is C[C@@H](NC(=O)[C@H](O)[C@@H](O)C(=O)N1CCC[C@@H]1c1ccccc1)c1ccc(-c2ccccc2C(F)(F)F)cc1. The summed E-state index contributed by atoms with van der Waals surface area (Å²) in [5.41, 5.74) is 1.14. The van der Waals surface area contributed by atoms with Crippen LogP contribution in [0.4, 0.5) is 13.2 Å². The summed E-state index contributed by atoms with van der Waals surface area (Å²) in [6.07, 6.45) is -6.97. The molecule has 6 nitrogen and oxygen atoms in total. The zero-order valence-corrected chi connectivity index (χ0v) is 20.7. The van der Waals surface area contributed by atoms with Gasteiger partial charge in [0.2, 0.25) is 0 Å². The van der Waals surface area contributed by atoms with E-state index >= 15 is 0 Å². The molecule has 3 N–H and O–H groups in total. The molecule has 0 aliphatic carbocycles. The third-order valence-corrected chi connectivity index (χ3v) is 6.85. The van der Waals surface area contributed by atoms with Crippen LogP contribution in [0, 0.1) is 0 Å². The lowest BCUT2D eigenvalue weighted by molar-refractivity contribution is -0.154. The number of hydrogen-bond acceptors (Lipinski definition) is 4. The number of aliphatic hydroxyl groups is 2. The van der Waals surface area contributed by atoms with Gasteiger partial charge in [0.1, 0.15) is 0 Å². The highest BCUT2D eigenvalue weighted by molar-refractivity contribution is 5.91. The average Bonchev–Trinajstić information content (AvgIpc) is 3.42. The Hall–Kier alpha value is -3.69. The van der Waals surface area contributed by atoms with Crippen LogP contribution in [0.25, 0.3) is 11.1 Å². The topological polar surface area (TPSA) is 89.9 Å². The van der Waals surface area contributed by atoms with Gasteiger partial charge < -0.3 is 20.4 Å². The number of nitrogens with one attached hydrogen (secondary N) is 1. The van der Waals surface area contributed by atoms with Crippen LogP contribution in [0.3, 0.4) is 0 Å². The largest absolute Gasteiger partial charge is 0.417 e. The minimum atomic E-state index is -4.50. The Labute approximate surface area is 218 Å². The van der Waals surface area contributed by atoms with Crippen LogP contribution in [0.5, 0.6) is 0 Å². The molecule has 3 aromatic carbocycles. The summed E-state index contributed by atoms with van der Waals surface area (Å²) >= 11 is 0. The number of amides is 2. The van der Waals surface area contributed by atoms with Crippen molar-refractivity contribution in [3.63, 3.8) is 0 Å². The van der Waals surface area contributed by atoms with Crippen molar-refractivity contribution in [3.8, 4) is 11.1 Å². The fraction of sp³-hybridized carbons (Fsp3) is 0.310. The number of halogens is 3. The first-order chi connectivity index (χ1) is 18.1. The van der Waals surface area contributed by atoms with Gasteiger partial charge in [-0.15, -0.1) is 0 Å². The van der Waals surface area contributed by atoms with Gasteiger partial charge >= 0.3 is 6.18 Å². The number of nitrogens with zero attached hydrogens (tertiary/aromatic N) is 1. The fourth-order valence-electron chi connectivity index (χ4n) is 4.82. The highest BCUT2D eigenvalue weighted by atomic mass is 19.4. The van der Waals surface area contributed by atoms with Gasteiger partial charge in [0.15, 0.2) is 12.2 Å². The van der Waals surface area contributed by atoms with Crippen molar-refractivity contribution in [1.82, 2.24) is 10.2 Å². The number of benzene rings is 3. The van der Waals surface area contributed by atoms with E-state index < -0.39 is 41.8 Å². The van der Waals surface area contributed by atoms with Crippen LogP contribution in [0.15, 0.2) is 78.9 Å². The molecule has 4 rings (SSSR count). The number of hydrogen-bond donors (Lipinski definition) is 3. The maximum Gasteiger partial charge on any atom is 0.417 e. The van der Waals surface area contributed by atoms with E-state index in [1.807, 2.05) is 30.3 Å². The van der Waals surface area contributed by atoms with Gasteiger partial charge in [0, 0.05) is 6.54 Å². The Morgan fingerprint density at radius 3 is 2.21 bits per heavy atom. The van der Waals surface area contributed by atoms with E-state index in [1.165, 1.54) is 35.2 Å². The second-order valence-corrected chi connectivity index (χ2v) is 9.39. The van der Waals surface area contributed by atoms with Gasteiger partial charge in [-0.25, -0.2) is 0 Å². The van der Waals surface area contributed by atoms with Gasteiger partial charge in [0.05, 0.1) is 17.6 Å². The van der Waals surface area contributed by atoms with Gasteiger partial charge in [-0.05, 0) is 48.1 Å². The number of carbonyl (C=O) groups is 2. The Balaban J connectivity index is 1.40. The van der Waals surface area contributed by atoms with Gasteiger partial charge in [-0.3, -0.25) is 9.59 Å². The lowest BCUT2D eigenvalue weighted by Gasteiger charge is -2.29. The minimum Gasteiger partial charge on any atom is -0.380 e. The van der Waals surface area contributed by atoms with Crippen molar-refractivity contribution < 1.29 is 33.0 Å². The summed E-state index contributed by atoms with van der Waals surface area (Å²) in [6.45, 7) is 2.04. The van der Waals surface area contributed by atoms with Crippen LogP contribution in [0.1, 0.15) is 48.5 Å². The van der Waals surface area contributed by atoms with Crippen LogP contribution in [-0.2, 0) is 15.8 Å².